The number of ether oxygens (including phenoxy) is 1. The number of amides is 1. The van der Waals surface area contributed by atoms with Crippen molar-refractivity contribution in [2.45, 2.75) is 19.8 Å². The summed E-state index contributed by atoms with van der Waals surface area (Å²) in [6, 6.07) is 16.4. The molecule has 0 aliphatic carbocycles. The van der Waals surface area contributed by atoms with Crippen molar-refractivity contribution in [3.63, 3.8) is 0 Å². The topological polar surface area (TPSA) is 79.2 Å². The van der Waals surface area contributed by atoms with Crippen molar-refractivity contribution in [3.05, 3.63) is 65.2 Å². The number of hydrogen-bond donors (Lipinski definition) is 1. The number of aryl methyl sites for hydroxylation is 2. The van der Waals surface area contributed by atoms with Gasteiger partial charge in [-0.2, -0.15) is 5.26 Å². The molecule has 0 fully saturated rings. The molecule has 122 valence electrons. The predicted molar refractivity (Wildman–Crippen MR) is 90.2 cm³/mol. The Morgan fingerprint density at radius 3 is 2.50 bits per heavy atom. The number of anilines is 1. The summed E-state index contributed by atoms with van der Waals surface area (Å²) in [7, 11) is 0. The maximum absolute atomic E-state index is 11.8. The van der Waals surface area contributed by atoms with Crippen molar-refractivity contribution < 1.29 is 14.3 Å². The van der Waals surface area contributed by atoms with E-state index in [2.05, 4.69) is 5.32 Å². The van der Waals surface area contributed by atoms with E-state index in [9.17, 15) is 9.59 Å². The highest BCUT2D eigenvalue weighted by Crippen LogP contribution is 2.12. The van der Waals surface area contributed by atoms with E-state index in [-0.39, 0.29) is 18.9 Å². The van der Waals surface area contributed by atoms with Gasteiger partial charge < -0.3 is 10.1 Å². The number of rotatable bonds is 6. The molecular formula is C19H18N2O3. The second kappa shape index (κ2) is 8.49. The number of nitriles is 1. The number of nitrogens with zero attached hydrogens (tertiary/aromatic N) is 1. The molecule has 0 saturated carbocycles. The second-order valence-corrected chi connectivity index (χ2v) is 5.33. The van der Waals surface area contributed by atoms with E-state index in [0.717, 1.165) is 11.1 Å². The zero-order valence-corrected chi connectivity index (χ0v) is 13.4. The smallest absolute Gasteiger partial charge is 0.306 e. The monoisotopic (exact) mass is 322 g/mol. The first kappa shape index (κ1) is 17.2. The van der Waals surface area contributed by atoms with Crippen molar-refractivity contribution in [1.82, 2.24) is 0 Å². The lowest BCUT2D eigenvalue weighted by Gasteiger charge is -2.08. The predicted octanol–water partition coefficient (Wildman–Crippen LogP) is 2.98. The van der Waals surface area contributed by atoms with Crippen molar-refractivity contribution in [2.75, 3.05) is 11.9 Å². The third-order valence-corrected chi connectivity index (χ3v) is 3.48. The maximum atomic E-state index is 11.8. The van der Waals surface area contributed by atoms with Gasteiger partial charge in [-0.15, -0.1) is 0 Å². The molecule has 0 spiro atoms. The number of carbonyl (C=O) groups excluding carboxylic acids is 2. The minimum absolute atomic E-state index is 0.184. The molecule has 5 heteroatoms. The van der Waals surface area contributed by atoms with Gasteiger partial charge >= 0.3 is 5.97 Å². The summed E-state index contributed by atoms with van der Waals surface area (Å²) in [6.07, 6.45) is 0.688. The lowest BCUT2D eigenvalue weighted by Crippen LogP contribution is -2.21. The number of nitrogens with one attached hydrogen (secondary N) is 1. The van der Waals surface area contributed by atoms with Gasteiger partial charge in [0.05, 0.1) is 11.6 Å². The van der Waals surface area contributed by atoms with Gasteiger partial charge in [0.15, 0.2) is 6.61 Å². The number of para-hydroxylation sites is 1. The van der Waals surface area contributed by atoms with Crippen molar-refractivity contribution in [3.8, 4) is 6.07 Å². The second-order valence-electron chi connectivity index (χ2n) is 5.33. The molecule has 0 unspecified atom stereocenters. The Bertz CT molecular complexity index is 761. The van der Waals surface area contributed by atoms with Crippen LogP contribution in [0.25, 0.3) is 0 Å². The molecule has 0 heterocycles. The number of benzene rings is 2. The standard InChI is InChI=1S/C19H18N2O3/c1-14-4-2-3-5-17(14)21-18(22)13-24-19(23)11-10-15-6-8-16(12-20)9-7-15/h2-9H,10-11,13H2,1H3,(H,21,22). The molecule has 0 aliphatic heterocycles. The lowest BCUT2D eigenvalue weighted by molar-refractivity contribution is -0.147. The van der Waals surface area contributed by atoms with Crippen LogP contribution in [0.3, 0.4) is 0 Å². The molecule has 24 heavy (non-hydrogen) atoms. The summed E-state index contributed by atoms with van der Waals surface area (Å²) < 4.78 is 4.98. The molecule has 5 nitrogen and oxygen atoms in total. The zero-order chi connectivity index (χ0) is 17.4. The van der Waals surface area contributed by atoms with E-state index in [1.54, 1.807) is 30.3 Å². The highest BCUT2D eigenvalue weighted by Gasteiger charge is 2.09. The average molecular weight is 322 g/mol. The zero-order valence-electron chi connectivity index (χ0n) is 13.4. The van der Waals surface area contributed by atoms with Crippen LogP contribution in [0.2, 0.25) is 0 Å². The Morgan fingerprint density at radius 2 is 1.83 bits per heavy atom. The fraction of sp³-hybridized carbons (Fsp3) is 0.211. The van der Waals surface area contributed by atoms with Crippen LogP contribution in [0.5, 0.6) is 0 Å². The summed E-state index contributed by atoms with van der Waals surface area (Å²) in [4.78, 5) is 23.5. The molecule has 1 N–H and O–H groups in total. The average Bonchev–Trinajstić information content (AvgIpc) is 2.60. The van der Waals surface area contributed by atoms with Gasteiger partial charge in [-0.3, -0.25) is 9.59 Å². The Balaban J connectivity index is 1.73. The molecule has 2 aromatic rings. The molecule has 0 atom stereocenters. The van der Waals surface area contributed by atoms with Gasteiger partial charge in [-0.1, -0.05) is 30.3 Å². The highest BCUT2D eigenvalue weighted by atomic mass is 16.5. The normalized spacial score (nSPS) is 9.83. The van der Waals surface area contributed by atoms with Gasteiger partial charge in [0, 0.05) is 12.1 Å². The fourth-order valence-corrected chi connectivity index (χ4v) is 2.11. The first-order valence-electron chi connectivity index (χ1n) is 7.58. The van der Waals surface area contributed by atoms with Crippen LogP contribution < -0.4 is 5.32 Å². The Kier molecular flexibility index (Phi) is 6.09. The van der Waals surface area contributed by atoms with Gasteiger partial charge in [0.1, 0.15) is 0 Å². The quantitative estimate of drug-likeness (QED) is 0.829. The number of carbonyl (C=O) groups is 2. The van der Waals surface area contributed by atoms with Crippen LogP contribution in [0.1, 0.15) is 23.1 Å². The van der Waals surface area contributed by atoms with Crippen molar-refractivity contribution >= 4 is 17.6 Å². The fourth-order valence-electron chi connectivity index (χ4n) is 2.11. The molecule has 0 aromatic heterocycles. The lowest BCUT2D eigenvalue weighted by atomic mass is 10.1. The van der Waals surface area contributed by atoms with E-state index in [1.165, 1.54) is 0 Å². The molecule has 2 rings (SSSR count). The molecule has 0 aliphatic rings. The molecule has 2 aromatic carbocycles. The third kappa shape index (κ3) is 5.25. The maximum Gasteiger partial charge on any atom is 0.306 e. The van der Waals surface area contributed by atoms with Gasteiger partial charge in [0.25, 0.3) is 5.91 Å². The SMILES string of the molecule is Cc1ccccc1NC(=O)COC(=O)CCc1ccc(C#N)cc1. The van der Waals surface area contributed by atoms with Crippen LogP contribution in [0, 0.1) is 18.3 Å². The molecule has 0 radical (unpaired) electrons. The first-order chi connectivity index (χ1) is 11.6. The molecular weight excluding hydrogens is 304 g/mol. The summed E-state index contributed by atoms with van der Waals surface area (Å²) in [5, 5.41) is 11.4. The number of hydrogen-bond acceptors (Lipinski definition) is 4. The van der Waals surface area contributed by atoms with E-state index < -0.39 is 5.97 Å². The van der Waals surface area contributed by atoms with Crippen LogP contribution in [0.4, 0.5) is 5.69 Å². The van der Waals surface area contributed by atoms with Crippen LogP contribution in [0.15, 0.2) is 48.5 Å². The van der Waals surface area contributed by atoms with Crippen molar-refractivity contribution in [1.29, 1.82) is 5.26 Å². The minimum Gasteiger partial charge on any atom is -0.456 e. The van der Waals surface area contributed by atoms with Crippen molar-refractivity contribution in [2.24, 2.45) is 0 Å². The Morgan fingerprint density at radius 1 is 1.12 bits per heavy atom. The molecule has 0 saturated heterocycles. The van der Waals surface area contributed by atoms with Crippen LogP contribution >= 0.6 is 0 Å². The highest BCUT2D eigenvalue weighted by molar-refractivity contribution is 5.93. The first-order valence-corrected chi connectivity index (χ1v) is 7.58. The Hall–Kier alpha value is -3.13. The summed E-state index contributed by atoms with van der Waals surface area (Å²) >= 11 is 0. The summed E-state index contributed by atoms with van der Waals surface area (Å²) in [5.74, 6) is -0.796. The van der Waals surface area contributed by atoms with Gasteiger partial charge in [-0.05, 0) is 42.7 Å². The largest absolute Gasteiger partial charge is 0.456 e. The van der Waals surface area contributed by atoms with Crippen LogP contribution in [-0.4, -0.2) is 18.5 Å². The van der Waals surface area contributed by atoms with E-state index in [0.29, 0.717) is 17.7 Å². The minimum atomic E-state index is -0.431. The third-order valence-electron chi connectivity index (χ3n) is 3.48. The summed E-state index contributed by atoms with van der Waals surface area (Å²) in [5.41, 5.74) is 3.17. The molecule has 1 amide bonds. The van der Waals surface area contributed by atoms with E-state index >= 15 is 0 Å². The van der Waals surface area contributed by atoms with Gasteiger partial charge in [-0.25, -0.2) is 0 Å². The number of esters is 1. The van der Waals surface area contributed by atoms with Crippen LogP contribution in [-0.2, 0) is 20.7 Å². The van der Waals surface area contributed by atoms with Gasteiger partial charge in [0.2, 0.25) is 0 Å². The molecule has 0 bridgehead atoms. The van der Waals surface area contributed by atoms with E-state index in [1.807, 2.05) is 31.2 Å². The Labute approximate surface area is 140 Å². The summed E-state index contributed by atoms with van der Waals surface area (Å²) in [6.45, 7) is 1.58. The van der Waals surface area contributed by atoms with E-state index in [4.69, 9.17) is 10.00 Å².